The molecule has 3 rings (SSSR count). The van der Waals surface area contributed by atoms with Crippen LogP contribution in [0.3, 0.4) is 0 Å². The van der Waals surface area contributed by atoms with Gasteiger partial charge in [-0.15, -0.1) is 11.6 Å². The van der Waals surface area contributed by atoms with Gasteiger partial charge in [0, 0.05) is 24.8 Å². The number of carbonyl (C=O) groups excluding carboxylic acids is 1. The standard InChI is InChI=1S/C21H24ClNO/c22-14-6-5-11-21(24)23-15-20-18-9-3-1-7-16(18)12-13-17-8-2-4-10-19(17)20/h1-4,7-10,20H,5-6,11-15H2,(H,23,24). The quantitative estimate of drug-likeness (QED) is 0.610. The van der Waals surface area contributed by atoms with Crippen molar-refractivity contribution in [3.63, 3.8) is 0 Å². The number of rotatable bonds is 6. The van der Waals surface area contributed by atoms with E-state index in [1.165, 1.54) is 22.3 Å². The van der Waals surface area contributed by atoms with E-state index in [0.717, 1.165) is 25.7 Å². The van der Waals surface area contributed by atoms with Crippen molar-refractivity contribution in [2.45, 2.75) is 38.0 Å². The molecule has 126 valence electrons. The van der Waals surface area contributed by atoms with Crippen LogP contribution in [-0.4, -0.2) is 18.3 Å². The van der Waals surface area contributed by atoms with Crippen molar-refractivity contribution in [3.8, 4) is 0 Å². The van der Waals surface area contributed by atoms with Crippen LogP contribution in [0.5, 0.6) is 0 Å². The van der Waals surface area contributed by atoms with E-state index in [-0.39, 0.29) is 11.8 Å². The summed E-state index contributed by atoms with van der Waals surface area (Å²) < 4.78 is 0. The van der Waals surface area contributed by atoms with Crippen LogP contribution < -0.4 is 5.32 Å². The highest BCUT2D eigenvalue weighted by Gasteiger charge is 2.23. The van der Waals surface area contributed by atoms with Gasteiger partial charge in [0.15, 0.2) is 0 Å². The molecule has 1 aliphatic rings. The minimum Gasteiger partial charge on any atom is -0.355 e. The van der Waals surface area contributed by atoms with Crippen LogP contribution in [-0.2, 0) is 17.6 Å². The summed E-state index contributed by atoms with van der Waals surface area (Å²) in [7, 11) is 0. The van der Waals surface area contributed by atoms with Crippen molar-refractivity contribution in [2.75, 3.05) is 12.4 Å². The largest absolute Gasteiger partial charge is 0.355 e. The maximum atomic E-state index is 12.1. The second-order valence-corrected chi connectivity index (χ2v) is 6.78. The van der Waals surface area contributed by atoms with Crippen LogP contribution >= 0.6 is 11.6 Å². The molecule has 1 amide bonds. The lowest BCUT2D eigenvalue weighted by molar-refractivity contribution is -0.121. The number of nitrogens with one attached hydrogen (secondary N) is 1. The van der Waals surface area contributed by atoms with Crippen molar-refractivity contribution >= 4 is 17.5 Å². The van der Waals surface area contributed by atoms with Crippen molar-refractivity contribution in [1.29, 1.82) is 0 Å². The van der Waals surface area contributed by atoms with E-state index in [9.17, 15) is 4.79 Å². The molecule has 0 saturated carbocycles. The predicted molar refractivity (Wildman–Crippen MR) is 99.7 cm³/mol. The number of hydrogen-bond donors (Lipinski definition) is 1. The molecule has 0 aliphatic heterocycles. The van der Waals surface area contributed by atoms with Gasteiger partial charge in [-0.2, -0.15) is 0 Å². The molecule has 1 N–H and O–H groups in total. The first-order chi connectivity index (χ1) is 11.8. The number of amides is 1. The maximum absolute atomic E-state index is 12.1. The van der Waals surface area contributed by atoms with Crippen LogP contribution in [0.1, 0.15) is 47.4 Å². The number of fused-ring (bicyclic) bond motifs is 2. The minimum atomic E-state index is 0.124. The third-order valence-electron chi connectivity index (χ3n) is 4.82. The van der Waals surface area contributed by atoms with Crippen LogP contribution in [0, 0.1) is 0 Å². The second-order valence-electron chi connectivity index (χ2n) is 6.40. The van der Waals surface area contributed by atoms with Gasteiger partial charge in [-0.25, -0.2) is 0 Å². The number of hydrogen-bond acceptors (Lipinski definition) is 1. The Morgan fingerprint density at radius 1 is 0.958 bits per heavy atom. The third-order valence-corrected chi connectivity index (χ3v) is 5.08. The van der Waals surface area contributed by atoms with E-state index >= 15 is 0 Å². The first kappa shape index (κ1) is 17.0. The molecule has 0 radical (unpaired) electrons. The molecule has 2 nitrogen and oxygen atoms in total. The van der Waals surface area contributed by atoms with Gasteiger partial charge in [0.25, 0.3) is 0 Å². The summed E-state index contributed by atoms with van der Waals surface area (Å²) in [5.74, 6) is 0.979. The first-order valence-electron chi connectivity index (χ1n) is 8.78. The van der Waals surface area contributed by atoms with E-state index < -0.39 is 0 Å². The lowest BCUT2D eigenvalue weighted by Gasteiger charge is -2.21. The summed E-state index contributed by atoms with van der Waals surface area (Å²) in [6, 6.07) is 17.3. The fraction of sp³-hybridized carbons (Fsp3) is 0.381. The summed E-state index contributed by atoms with van der Waals surface area (Å²) in [5.41, 5.74) is 5.50. The van der Waals surface area contributed by atoms with E-state index in [1.807, 2.05) is 0 Å². The van der Waals surface area contributed by atoms with Crippen LogP contribution in [0.4, 0.5) is 0 Å². The molecule has 0 bridgehead atoms. The minimum absolute atomic E-state index is 0.124. The summed E-state index contributed by atoms with van der Waals surface area (Å²) >= 11 is 5.68. The Balaban J connectivity index is 1.79. The number of unbranched alkanes of at least 4 members (excludes halogenated alkanes) is 1. The monoisotopic (exact) mass is 341 g/mol. The number of halogens is 1. The number of benzene rings is 2. The van der Waals surface area contributed by atoms with Crippen molar-refractivity contribution < 1.29 is 4.79 Å². The van der Waals surface area contributed by atoms with Gasteiger partial charge in [-0.1, -0.05) is 48.5 Å². The molecule has 0 spiro atoms. The zero-order valence-corrected chi connectivity index (χ0v) is 14.7. The van der Waals surface area contributed by atoms with Gasteiger partial charge in [-0.05, 0) is 47.9 Å². The number of carbonyl (C=O) groups is 1. The average Bonchev–Trinajstić information content (AvgIpc) is 2.77. The van der Waals surface area contributed by atoms with Crippen molar-refractivity contribution in [3.05, 3.63) is 70.8 Å². The maximum Gasteiger partial charge on any atom is 0.220 e. The highest BCUT2D eigenvalue weighted by molar-refractivity contribution is 6.17. The molecule has 3 heteroatoms. The van der Waals surface area contributed by atoms with Gasteiger partial charge >= 0.3 is 0 Å². The van der Waals surface area contributed by atoms with E-state index in [2.05, 4.69) is 53.8 Å². The van der Waals surface area contributed by atoms with Crippen molar-refractivity contribution in [2.24, 2.45) is 0 Å². The highest BCUT2D eigenvalue weighted by Crippen LogP contribution is 2.33. The Morgan fingerprint density at radius 3 is 2.12 bits per heavy atom. The zero-order chi connectivity index (χ0) is 16.8. The Morgan fingerprint density at radius 2 is 1.54 bits per heavy atom. The summed E-state index contributed by atoms with van der Waals surface area (Å²) in [6.07, 6.45) is 4.43. The molecule has 0 saturated heterocycles. The smallest absolute Gasteiger partial charge is 0.220 e. The van der Waals surface area contributed by atoms with Gasteiger partial charge < -0.3 is 5.32 Å². The Hall–Kier alpha value is -1.80. The molecule has 2 aromatic carbocycles. The summed E-state index contributed by atoms with van der Waals surface area (Å²) in [6.45, 7) is 0.660. The molecule has 0 atom stereocenters. The Labute approximate surface area is 149 Å². The molecule has 0 fully saturated rings. The molecule has 0 unspecified atom stereocenters. The lowest BCUT2D eigenvalue weighted by atomic mass is 9.88. The topological polar surface area (TPSA) is 29.1 Å². The van der Waals surface area contributed by atoms with Crippen LogP contribution in [0.15, 0.2) is 48.5 Å². The molecule has 24 heavy (non-hydrogen) atoms. The first-order valence-corrected chi connectivity index (χ1v) is 9.31. The SMILES string of the molecule is O=C(CCCCCl)NCC1c2ccccc2CCc2ccccc21. The third kappa shape index (κ3) is 3.99. The van der Waals surface area contributed by atoms with Crippen molar-refractivity contribution in [1.82, 2.24) is 5.32 Å². The summed E-state index contributed by atoms with van der Waals surface area (Å²) in [4.78, 5) is 12.1. The molecular formula is C21H24ClNO. The van der Waals surface area contributed by atoms with Crippen LogP contribution in [0.2, 0.25) is 0 Å². The van der Waals surface area contributed by atoms with Gasteiger partial charge in [-0.3, -0.25) is 4.79 Å². The number of alkyl halides is 1. The molecular weight excluding hydrogens is 318 g/mol. The molecule has 1 aliphatic carbocycles. The fourth-order valence-corrected chi connectivity index (χ4v) is 3.73. The van der Waals surface area contributed by atoms with Gasteiger partial charge in [0.05, 0.1) is 0 Å². The Kier molecular flexibility index (Phi) is 5.92. The van der Waals surface area contributed by atoms with Crippen LogP contribution in [0.25, 0.3) is 0 Å². The zero-order valence-electron chi connectivity index (χ0n) is 13.9. The van der Waals surface area contributed by atoms with Gasteiger partial charge in [0.1, 0.15) is 0 Å². The number of aryl methyl sites for hydroxylation is 2. The molecule has 0 heterocycles. The van der Waals surface area contributed by atoms with Gasteiger partial charge in [0.2, 0.25) is 5.91 Å². The van der Waals surface area contributed by atoms with E-state index in [1.54, 1.807) is 0 Å². The Bertz CT molecular complexity index is 650. The van der Waals surface area contributed by atoms with E-state index in [0.29, 0.717) is 18.8 Å². The normalized spacial score (nSPS) is 13.7. The predicted octanol–water partition coefficient (Wildman–Crippen LogP) is 4.44. The van der Waals surface area contributed by atoms with E-state index in [4.69, 9.17) is 11.6 Å². The second kappa shape index (κ2) is 8.34. The summed E-state index contributed by atoms with van der Waals surface area (Å²) in [5, 5.41) is 3.14. The lowest BCUT2D eigenvalue weighted by Crippen LogP contribution is -2.29. The molecule has 0 aromatic heterocycles. The fourth-order valence-electron chi connectivity index (χ4n) is 3.54. The average molecular weight is 342 g/mol. The highest BCUT2D eigenvalue weighted by atomic mass is 35.5. The molecule has 2 aromatic rings.